The Kier molecular flexibility index (Phi) is 9.63. The highest BCUT2D eigenvalue weighted by atomic mass is 35.5. The highest BCUT2D eigenvalue weighted by Crippen LogP contribution is 2.38. The van der Waals surface area contributed by atoms with E-state index < -0.39 is 35.8 Å². The molecule has 40 heavy (non-hydrogen) atoms. The minimum absolute atomic E-state index is 0.00727. The van der Waals surface area contributed by atoms with Crippen molar-refractivity contribution in [2.75, 3.05) is 38.2 Å². The number of hydrogen-bond acceptors (Lipinski definition) is 6. The molecule has 4 rings (SSSR count). The number of nitrogens with zero attached hydrogens (tertiary/aromatic N) is 3. The second-order valence-corrected chi connectivity index (χ2v) is 11.1. The standard InChI is InChI=1S/C27H34ClF3N4O5/c1-16(2)23-20(29)14-32-35(23)27(25(38)33-21-4-3-18(28)13-22(21)40-26(30)31)7-9-34(10-8-27)15-19(24(36)37)17-5-11-39-12-6-17/h3-4,13-14,16-17,19,26H,5-12,15H2,1-2H3,(H,33,38)(H,36,37)/t19-/m0/s1. The van der Waals surface area contributed by atoms with Gasteiger partial charge in [-0.2, -0.15) is 13.9 Å². The number of halogens is 4. The lowest BCUT2D eigenvalue weighted by Gasteiger charge is -2.43. The summed E-state index contributed by atoms with van der Waals surface area (Å²) >= 11 is 5.96. The molecular weight excluding hydrogens is 553 g/mol. The Morgan fingerprint density at radius 2 is 1.93 bits per heavy atom. The second kappa shape index (κ2) is 12.8. The Balaban J connectivity index is 1.61. The molecule has 220 valence electrons. The van der Waals surface area contributed by atoms with Gasteiger partial charge in [-0.3, -0.25) is 14.3 Å². The van der Waals surface area contributed by atoms with Crippen LogP contribution in [0.5, 0.6) is 5.75 Å². The summed E-state index contributed by atoms with van der Waals surface area (Å²) < 4.78 is 52.3. The average Bonchev–Trinajstić information content (AvgIpc) is 3.31. The van der Waals surface area contributed by atoms with Crippen molar-refractivity contribution in [3.63, 3.8) is 0 Å². The number of carboxylic acid groups (broad SMARTS) is 1. The third kappa shape index (κ3) is 6.55. The van der Waals surface area contributed by atoms with Crippen LogP contribution in [0.2, 0.25) is 5.02 Å². The third-order valence-corrected chi connectivity index (χ3v) is 8.07. The average molecular weight is 587 g/mol. The van der Waals surface area contributed by atoms with Crippen molar-refractivity contribution in [1.29, 1.82) is 0 Å². The molecule has 0 unspecified atom stereocenters. The van der Waals surface area contributed by atoms with Crippen molar-refractivity contribution in [3.8, 4) is 5.75 Å². The molecule has 0 saturated carbocycles. The Hall–Kier alpha value is -2.83. The minimum Gasteiger partial charge on any atom is -0.481 e. The first-order chi connectivity index (χ1) is 19.0. The van der Waals surface area contributed by atoms with Crippen LogP contribution in [-0.2, 0) is 19.9 Å². The molecule has 1 aromatic carbocycles. The van der Waals surface area contributed by atoms with Crippen LogP contribution in [0.3, 0.4) is 0 Å². The van der Waals surface area contributed by atoms with Gasteiger partial charge >= 0.3 is 12.6 Å². The highest BCUT2D eigenvalue weighted by molar-refractivity contribution is 6.30. The fraction of sp³-hybridized carbons (Fsp3) is 0.593. The largest absolute Gasteiger partial charge is 0.481 e. The number of nitrogens with one attached hydrogen (secondary N) is 1. The monoisotopic (exact) mass is 586 g/mol. The van der Waals surface area contributed by atoms with Crippen molar-refractivity contribution in [2.45, 2.75) is 57.6 Å². The zero-order valence-corrected chi connectivity index (χ0v) is 23.2. The van der Waals surface area contributed by atoms with Crippen molar-refractivity contribution in [1.82, 2.24) is 14.7 Å². The van der Waals surface area contributed by atoms with E-state index in [0.717, 1.165) is 6.20 Å². The second-order valence-electron chi connectivity index (χ2n) is 10.6. The smallest absolute Gasteiger partial charge is 0.387 e. The normalized spacial score (nSPS) is 19.1. The van der Waals surface area contributed by atoms with Crippen LogP contribution in [0.15, 0.2) is 24.4 Å². The molecule has 2 N–H and O–H groups in total. The number of aromatic nitrogens is 2. The van der Waals surface area contributed by atoms with Crippen molar-refractivity contribution in [2.24, 2.45) is 11.8 Å². The molecule has 2 aromatic rings. The number of carbonyl (C=O) groups is 2. The summed E-state index contributed by atoms with van der Waals surface area (Å²) in [6.07, 6.45) is 2.80. The number of anilines is 1. The fourth-order valence-electron chi connectivity index (χ4n) is 5.70. The number of piperidine rings is 1. The van der Waals surface area contributed by atoms with Crippen molar-refractivity contribution >= 4 is 29.2 Å². The van der Waals surface area contributed by atoms with E-state index in [1.807, 2.05) is 4.90 Å². The van der Waals surface area contributed by atoms with Crippen LogP contribution in [0.1, 0.15) is 51.1 Å². The van der Waals surface area contributed by atoms with Crippen LogP contribution in [0.25, 0.3) is 0 Å². The molecule has 1 atom stereocenters. The van der Waals surface area contributed by atoms with E-state index >= 15 is 0 Å². The molecule has 0 aliphatic carbocycles. The molecule has 0 spiro atoms. The Labute approximate surface area is 235 Å². The molecule has 0 bridgehead atoms. The summed E-state index contributed by atoms with van der Waals surface area (Å²) in [7, 11) is 0. The molecule has 1 amide bonds. The maximum atomic E-state index is 14.9. The van der Waals surface area contributed by atoms with Gasteiger partial charge in [0.05, 0.1) is 23.5 Å². The number of carboxylic acids is 1. The van der Waals surface area contributed by atoms with Crippen molar-refractivity contribution < 1.29 is 37.3 Å². The molecule has 2 saturated heterocycles. The van der Waals surface area contributed by atoms with Gasteiger partial charge in [-0.25, -0.2) is 4.39 Å². The van der Waals surface area contributed by atoms with Gasteiger partial charge in [0.15, 0.2) is 11.6 Å². The lowest BCUT2D eigenvalue weighted by Crippen LogP contribution is -2.55. The van der Waals surface area contributed by atoms with Gasteiger partial charge in [-0.05, 0) is 49.7 Å². The number of aliphatic carboxylic acids is 1. The van der Waals surface area contributed by atoms with E-state index in [1.165, 1.54) is 22.9 Å². The quantitative estimate of drug-likeness (QED) is 0.405. The maximum Gasteiger partial charge on any atom is 0.387 e. The number of alkyl halides is 2. The minimum atomic E-state index is -3.14. The SMILES string of the molecule is CC(C)c1c(F)cnn1C1(C(=O)Nc2ccc(Cl)cc2OC(F)F)CCN(C[C@H](C(=O)O)C2CCOCC2)CC1. The van der Waals surface area contributed by atoms with Gasteiger partial charge < -0.3 is 24.8 Å². The lowest BCUT2D eigenvalue weighted by molar-refractivity contribution is -0.146. The number of amides is 1. The van der Waals surface area contributed by atoms with E-state index in [4.69, 9.17) is 16.3 Å². The van der Waals surface area contributed by atoms with E-state index in [2.05, 4.69) is 15.2 Å². The zero-order chi connectivity index (χ0) is 29.0. The predicted octanol–water partition coefficient (Wildman–Crippen LogP) is 4.96. The summed E-state index contributed by atoms with van der Waals surface area (Å²) in [5.74, 6) is -3.19. The summed E-state index contributed by atoms with van der Waals surface area (Å²) in [6.45, 7) is 2.50. The molecular formula is C27H34ClF3N4O5. The molecule has 9 nitrogen and oxygen atoms in total. The first-order valence-electron chi connectivity index (χ1n) is 13.3. The Morgan fingerprint density at radius 3 is 2.52 bits per heavy atom. The van der Waals surface area contributed by atoms with Gasteiger partial charge in [0, 0.05) is 43.9 Å². The molecule has 2 fully saturated rings. The predicted molar refractivity (Wildman–Crippen MR) is 141 cm³/mol. The van der Waals surface area contributed by atoms with Crippen LogP contribution in [-0.4, -0.2) is 71.1 Å². The van der Waals surface area contributed by atoms with E-state index in [1.54, 1.807) is 13.8 Å². The zero-order valence-electron chi connectivity index (χ0n) is 22.4. The highest BCUT2D eigenvalue weighted by Gasteiger charge is 2.47. The molecule has 0 radical (unpaired) electrons. The summed E-state index contributed by atoms with van der Waals surface area (Å²) in [5, 5.41) is 17.0. The fourth-order valence-corrected chi connectivity index (χ4v) is 5.86. The van der Waals surface area contributed by atoms with Gasteiger partial charge in [0.2, 0.25) is 0 Å². The van der Waals surface area contributed by atoms with Crippen molar-refractivity contribution in [3.05, 3.63) is 40.9 Å². The number of carbonyl (C=O) groups excluding carboxylic acids is 1. The lowest BCUT2D eigenvalue weighted by atomic mass is 9.82. The summed E-state index contributed by atoms with van der Waals surface area (Å²) in [4.78, 5) is 28.1. The number of likely N-dealkylation sites (tertiary alicyclic amines) is 1. The molecule has 2 aliphatic rings. The molecule has 13 heteroatoms. The number of ether oxygens (including phenoxy) is 2. The number of rotatable bonds is 10. The van der Waals surface area contributed by atoms with E-state index in [-0.39, 0.29) is 46.8 Å². The van der Waals surface area contributed by atoms with Crippen LogP contribution in [0.4, 0.5) is 18.9 Å². The number of benzene rings is 1. The van der Waals surface area contributed by atoms with Gasteiger partial charge in [-0.1, -0.05) is 25.4 Å². The number of hydrogen-bond donors (Lipinski definition) is 2. The maximum absolute atomic E-state index is 14.9. The van der Waals surface area contributed by atoms with Gasteiger partial charge in [0.25, 0.3) is 5.91 Å². The molecule has 2 aliphatic heterocycles. The van der Waals surface area contributed by atoms with Crippen LogP contribution >= 0.6 is 11.6 Å². The van der Waals surface area contributed by atoms with Crippen LogP contribution in [0, 0.1) is 17.7 Å². The van der Waals surface area contributed by atoms with Crippen LogP contribution < -0.4 is 10.1 Å². The Morgan fingerprint density at radius 1 is 1.25 bits per heavy atom. The summed E-state index contributed by atoms with van der Waals surface area (Å²) in [6, 6.07) is 3.97. The van der Waals surface area contributed by atoms with E-state index in [0.29, 0.717) is 45.7 Å². The first-order valence-corrected chi connectivity index (χ1v) is 13.7. The topological polar surface area (TPSA) is 106 Å². The first kappa shape index (κ1) is 30.1. The molecule has 3 heterocycles. The summed E-state index contributed by atoms with van der Waals surface area (Å²) in [5.41, 5.74) is -1.13. The third-order valence-electron chi connectivity index (χ3n) is 7.83. The Bertz CT molecular complexity index is 1200. The van der Waals surface area contributed by atoms with Gasteiger partial charge in [0.1, 0.15) is 5.54 Å². The van der Waals surface area contributed by atoms with Gasteiger partial charge in [-0.15, -0.1) is 0 Å². The van der Waals surface area contributed by atoms with E-state index in [9.17, 15) is 27.9 Å². The molecule has 1 aromatic heterocycles.